The molecule has 0 radical (unpaired) electrons. The van der Waals surface area contributed by atoms with Crippen molar-refractivity contribution in [1.82, 2.24) is 5.16 Å². The van der Waals surface area contributed by atoms with Crippen molar-refractivity contribution in [3.63, 3.8) is 0 Å². The van der Waals surface area contributed by atoms with Crippen LogP contribution in [-0.4, -0.2) is 22.1 Å². The highest BCUT2D eigenvalue weighted by Gasteiger charge is 2.42. The van der Waals surface area contributed by atoms with Crippen molar-refractivity contribution >= 4 is 17.6 Å². The topological polar surface area (TPSA) is 92.4 Å². The minimum absolute atomic E-state index is 0.0320. The van der Waals surface area contributed by atoms with Gasteiger partial charge in [-0.1, -0.05) is 38.4 Å². The number of hydrogen-bond donors (Lipinski definition) is 2. The number of halogens is 1. The monoisotopic (exact) mass is 498 g/mol. The van der Waals surface area contributed by atoms with E-state index < -0.39 is 17.7 Å². The van der Waals surface area contributed by atoms with Gasteiger partial charge in [-0.2, -0.15) is 0 Å². The van der Waals surface area contributed by atoms with Gasteiger partial charge in [0.05, 0.1) is 11.4 Å². The molecule has 4 rings (SSSR count). The normalized spacial score (nSPS) is 20.6. The lowest BCUT2D eigenvalue weighted by Gasteiger charge is -2.39. The van der Waals surface area contributed by atoms with E-state index in [1.807, 2.05) is 0 Å². The number of nitrogens with one attached hydrogen (secondary N) is 1. The van der Waals surface area contributed by atoms with Crippen molar-refractivity contribution in [2.45, 2.75) is 103 Å². The van der Waals surface area contributed by atoms with Gasteiger partial charge in [0, 0.05) is 30.2 Å². The summed E-state index contributed by atoms with van der Waals surface area (Å²) in [5, 5.41) is 16.4. The summed E-state index contributed by atoms with van der Waals surface area (Å²) in [6, 6.07) is 4.66. The number of aliphatic carboxylic acids is 1. The van der Waals surface area contributed by atoms with Gasteiger partial charge in [0.1, 0.15) is 11.6 Å². The number of aromatic nitrogens is 1. The van der Waals surface area contributed by atoms with Gasteiger partial charge >= 0.3 is 5.97 Å². The summed E-state index contributed by atoms with van der Waals surface area (Å²) in [4.78, 5) is 24.3. The van der Waals surface area contributed by atoms with E-state index in [9.17, 15) is 19.1 Å². The zero-order valence-corrected chi connectivity index (χ0v) is 21.9. The maximum Gasteiger partial charge on any atom is 0.303 e. The van der Waals surface area contributed by atoms with Crippen LogP contribution in [0.1, 0.15) is 119 Å². The number of rotatable bonds is 12. The van der Waals surface area contributed by atoms with E-state index in [4.69, 9.17) is 4.52 Å². The molecule has 2 aliphatic rings. The molecule has 1 aromatic carbocycles. The molecular weight excluding hydrogens is 459 g/mol. The summed E-state index contributed by atoms with van der Waals surface area (Å²) in [7, 11) is 0. The standard InChI is InChI=1S/C29H39FN2O4/c1-5-29(3,4)16-18-13-21(14-18)28-26(19-7-8-19)27(32-36-28)20(9-11-25(34)35)15-24(33)31-23-10-6-17(2)12-22(23)30/h6,10,12,18-21H,5,7-9,11,13-16H2,1-4H3,(H,31,33)(H,34,35)/t18-,20-,21+/m1/s1. The molecule has 196 valence electrons. The number of carboxylic acids is 1. The Bertz CT molecular complexity index is 1100. The first kappa shape index (κ1) is 26.4. The summed E-state index contributed by atoms with van der Waals surface area (Å²) in [6.07, 6.45) is 6.91. The molecule has 1 aromatic heterocycles. The Morgan fingerprint density at radius 1 is 1.25 bits per heavy atom. The van der Waals surface area contributed by atoms with Crippen molar-refractivity contribution in [2.24, 2.45) is 11.3 Å². The maximum atomic E-state index is 14.3. The van der Waals surface area contributed by atoms with Gasteiger partial charge in [0.15, 0.2) is 0 Å². The first-order chi connectivity index (χ1) is 17.1. The molecule has 2 aromatic rings. The molecule has 0 aliphatic heterocycles. The first-order valence-electron chi connectivity index (χ1n) is 13.3. The van der Waals surface area contributed by atoms with Crippen LogP contribution in [0.25, 0.3) is 0 Å². The largest absolute Gasteiger partial charge is 0.481 e. The Morgan fingerprint density at radius 2 is 1.97 bits per heavy atom. The van der Waals surface area contributed by atoms with E-state index >= 15 is 0 Å². The predicted molar refractivity (Wildman–Crippen MR) is 137 cm³/mol. The van der Waals surface area contributed by atoms with Crippen molar-refractivity contribution in [3.8, 4) is 0 Å². The van der Waals surface area contributed by atoms with Crippen molar-refractivity contribution < 1.29 is 23.6 Å². The number of aryl methyl sites for hydroxylation is 1. The third-order valence-corrected chi connectivity index (χ3v) is 8.10. The van der Waals surface area contributed by atoms with Crippen molar-refractivity contribution in [2.75, 3.05) is 5.32 Å². The zero-order chi connectivity index (χ0) is 26.0. The molecule has 0 unspecified atom stereocenters. The molecule has 1 amide bonds. The van der Waals surface area contributed by atoms with E-state index in [-0.39, 0.29) is 30.9 Å². The molecule has 2 N–H and O–H groups in total. The van der Waals surface area contributed by atoms with Crippen LogP contribution < -0.4 is 5.32 Å². The number of benzene rings is 1. The molecule has 2 saturated carbocycles. The number of amides is 1. The fourth-order valence-corrected chi connectivity index (χ4v) is 5.52. The van der Waals surface area contributed by atoms with Crippen molar-refractivity contribution in [3.05, 3.63) is 46.6 Å². The van der Waals surface area contributed by atoms with E-state index in [0.29, 0.717) is 23.2 Å². The van der Waals surface area contributed by atoms with Gasteiger partial charge in [-0.05, 0) is 80.4 Å². The summed E-state index contributed by atoms with van der Waals surface area (Å²) in [5.41, 5.74) is 3.07. The minimum atomic E-state index is -0.915. The molecule has 1 heterocycles. The number of carbonyl (C=O) groups is 2. The molecule has 0 bridgehead atoms. The minimum Gasteiger partial charge on any atom is -0.481 e. The SMILES string of the molecule is CCC(C)(C)C[C@H]1C[C@@H](c2onc([C@H](CCC(=O)O)CC(=O)Nc3ccc(C)cc3F)c2C2CC2)C1. The van der Waals surface area contributed by atoms with E-state index in [2.05, 4.69) is 31.2 Å². The second kappa shape index (κ2) is 10.7. The second-order valence-electron chi connectivity index (χ2n) is 11.7. The Hall–Kier alpha value is -2.70. The van der Waals surface area contributed by atoms with E-state index in [0.717, 1.165) is 54.7 Å². The molecule has 2 fully saturated rings. The average Bonchev–Trinajstić information content (AvgIpc) is 3.54. The summed E-state index contributed by atoms with van der Waals surface area (Å²) < 4.78 is 20.2. The van der Waals surface area contributed by atoms with Crippen LogP contribution in [0, 0.1) is 24.1 Å². The van der Waals surface area contributed by atoms with Gasteiger partial charge in [-0.25, -0.2) is 4.39 Å². The van der Waals surface area contributed by atoms with Crippen LogP contribution in [0.2, 0.25) is 0 Å². The van der Waals surface area contributed by atoms with Crippen LogP contribution in [0.5, 0.6) is 0 Å². The molecule has 6 nitrogen and oxygen atoms in total. The Labute approximate surface area is 213 Å². The zero-order valence-electron chi connectivity index (χ0n) is 21.9. The Morgan fingerprint density at radius 3 is 2.58 bits per heavy atom. The van der Waals surface area contributed by atoms with Crippen LogP contribution in [0.15, 0.2) is 22.7 Å². The second-order valence-corrected chi connectivity index (χ2v) is 11.7. The quantitative estimate of drug-likeness (QED) is 0.320. The van der Waals surface area contributed by atoms with E-state index in [1.54, 1.807) is 19.1 Å². The molecular formula is C29H39FN2O4. The smallest absolute Gasteiger partial charge is 0.303 e. The fraction of sp³-hybridized carbons (Fsp3) is 0.621. The molecule has 36 heavy (non-hydrogen) atoms. The number of hydrogen-bond acceptors (Lipinski definition) is 4. The number of carboxylic acid groups (broad SMARTS) is 1. The highest BCUT2D eigenvalue weighted by molar-refractivity contribution is 5.91. The lowest BCUT2D eigenvalue weighted by Crippen LogP contribution is -2.27. The third kappa shape index (κ3) is 6.34. The first-order valence-corrected chi connectivity index (χ1v) is 13.3. The number of anilines is 1. The van der Waals surface area contributed by atoms with Crippen molar-refractivity contribution in [1.29, 1.82) is 0 Å². The summed E-state index contributed by atoms with van der Waals surface area (Å²) in [6.45, 7) is 8.67. The lowest BCUT2D eigenvalue weighted by atomic mass is 9.66. The van der Waals surface area contributed by atoms with Crippen LogP contribution >= 0.6 is 0 Å². The highest BCUT2D eigenvalue weighted by Crippen LogP contribution is 2.53. The number of carbonyl (C=O) groups excluding carboxylic acids is 1. The van der Waals surface area contributed by atoms with Crippen LogP contribution in [0.3, 0.4) is 0 Å². The summed E-state index contributed by atoms with van der Waals surface area (Å²) >= 11 is 0. The maximum absolute atomic E-state index is 14.3. The highest BCUT2D eigenvalue weighted by atomic mass is 19.1. The predicted octanol–water partition coefficient (Wildman–Crippen LogP) is 7.30. The Kier molecular flexibility index (Phi) is 7.86. The molecule has 0 saturated heterocycles. The Balaban J connectivity index is 1.50. The van der Waals surface area contributed by atoms with Crippen LogP contribution in [-0.2, 0) is 9.59 Å². The molecule has 1 atom stereocenters. The van der Waals surface area contributed by atoms with Gasteiger partial charge < -0.3 is 14.9 Å². The molecule has 2 aliphatic carbocycles. The average molecular weight is 499 g/mol. The lowest BCUT2D eigenvalue weighted by molar-refractivity contribution is -0.137. The van der Waals surface area contributed by atoms with Gasteiger partial charge in [0.2, 0.25) is 5.91 Å². The van der Waals surface area contributed by atoms with Crippen LogP contribution in [0.4, 0.5) is 10.1 Å². The van der Waals surface area contributed by atoms with Gasteiger partial charge in [-0.15, -0.1) is 0 Å². The van der Waals surface area contributed by atoms with E-state index in [1.165, 1.54) is 12.5 Å². The van der Waals surface area contributed by atoms with Gasteiger partial charge in [0.25, 0.3) is 0 Å². The molecule has 7 heteroatoms. The fourth-order valence-electron chi connectivity index (χ4n) is 5.52. The van der Waals surface area contributed by atoms with Gasteiger partial charge in [-0.3, -0.25) is 9.59 Å². The summed E-state index contributed by atoms with van der Waals surface area (Å²) in [5.74, 6) is 0.197. The molecule has 0 spiro atoms. The number of nitrogens with zero attached hydrogens (tertiary/aromatic N) is 1. The third-order valence-electron chi connectivity index (χ3n) is 8.10.